The first-order valence-corrected chi connectivity index (χ1v) is 8.20. The van der Waals surface area contributed by atoms with Crippen LogP contribution in [-0.2, 0) is 18.4 Å². The van der Waals surface area contributed by atoms with Gasteiger partial charge in [-0.2, -0.15) is 0 Å². The molecule has 0 aliphatic carbocycles. The van der Waals surface area contributed by atoms with Gasteiger partial charge in [0.15, 0.2) is 0 Å². The molecule has 0 radical (unpaired) electrons. The van der Waals surface area contributed by atoms with Crippen LogP contribution in [0.4, 0.5) is 0 Å². The lowest BCUT2D eigenvalue weighted by Crippen LogP contribution is -2.50. The summed E-state index contributed by atoms with van der Waals surface area (Å²) < 4.78 is 1.67. The van der Waals surface area contributed by atoms with Gasteiger partial charge in [-0.05, 0) is 52.3 Å². The Morgan fingerprint density at radius 1 is 1.29 bits per heavy atom. The number of pyridine rings is 1. The van der Waals surface area contributed by atoms with Crippen molar-refractivity contribution >= 4 is 16.8 Å². The molecule has 5 heteroatoms. The minimum Gasteiger partial charge on any atom is -0.350 e. The van der Waals surface area contributed by atoms with Crippen molar-refractivity contribution in [3.8, 4) is 0 Å². The van der Waals surface area contributed by atoms with Crippen LogP contribution in [-0.4, -0.2) is 34.0 Å². The molecule has 0 spiro atoms. The van der Waals surface area contributed by atoms with Crippen LogP contribution in [0.3, 0.4) is 0 Å². The Labute approximate surface area is 143 Å². The molecule has 24 heavy (non-hydrogen) atoms. The molecule has 1 N–H and O–H groups in total. The van der Waals surface area contributed by atoms with Gasteiger partial charge in [-0.15, -0.1) is 0 Å². The second-order valence-electron chi connectivity index (χ2n) is 7.42. The summed E-state index contributed by atoms with van der Waals surface area (Å²) in [4.78, 5) is 26.8. The lowest BCUT2D eigenvalue weighted by atomic mass is 10.1. The maximum absolute atomic E-state index is 12.6. The van der Waals surface area contributed by atoms with Gasteiger partial charge in [0.1, 0.15) is 0 Å². The number of nitrogens with one attached hydrogen (secondary N) is 1. The van der Waals surface area contributed by atoms with Crippen molar-refractivity contribution in [2.75, 3.05) is 7.05 Å². The van der Waals surface area contributed by atoms with E-state index in [0.717, 1.165) is 10.9 Å². The summed E-state index contributed by atoms with van der Waals surface area (Å²) in [6.45, 7) is 8.15. The molecule has 0 bridgehead atoms. The monoisotopic (exact) mass is 329 g/mol. The van der Waals surface area contributed by atoms with Crippen LogP contribution in [0, 0.1) is 0 Å². The minimum atomic E-state index is -0.319. The lowest BCUT2D eigenvalue weighted by molar-refractivity contribution is -0.127. The van der Waals surface area contributed by atoms with Crippen LogP contribution >= 0.6 is 0 Å². The van der Waals surface area contributed by atoms with E-state index in [1.807, 2.05) is 70.0 Å². The highest BCUT2D eigenvalue weighted by atomic mass is 16.2. The molecule has 1 amide bonds. The molecule has 0 aliphatic heterocycles. The molecule has 1 unspecified atom stereocenters. The second-order valence-corrected chi connectivity index (χ2v) is 7.42. The maximum Gasteiger partial charge on any atom is 0.255 e. The SMILES string of the molecule is CC(C(=O)NC(C)(C)C)N(C)Cc1cc2ccccc2n(C)c1=O. The van der Waals surface area contributed by atoms with E-state index in [0.29, 0.717) is 12.1 Å². The van der Waals surface area contributed by atoms with Crippen molar-refractivity contribution in [3.63, 3.8) is 0 Å². The summed E-state index contributed by atoms with van der Waals surface area (Å²) in [5.74, 6) is -0.0392. The Kier molecular flexibility index (Phi) is 5.13. The average Bonchev–Trinajstić information content (AvgIpc) is 2.49. The van der Waals surface area contributed by atoms with E-state index < -0.39 is 0 Å². The zero-order valence-electron chi connectivity index (χ0n) is 15.4. The number of para-hydroxylation sites is 1. The van der Waals surface area contributed by atoms with Crippen molar-refractivity contribution in [1.29, 1.82) is 0 Å². The van der Waals surface area contributed by atoms with E-state index in [-0.39, 0.29) is 23.0 Å². The first-order chi connectivity index (χ1) is 11.1. The predicted octanol–water partition coefficient (Wildman–Crippen LogP) is 2.27. The number of amides is 1. The fourth-order valence-corrected chi connectivity index (χ4v) is 2.68. The third kappa shape index (κ3) is 4.03. The van der Waals surface area contributed by atoms with Crippen LogP contribution in [0.15, 0.2) is 35.1 Å². The molecule has 1 aromatic heterocycles. The summed E-state index contributed by atoms with van der Waals surface area (Å²) in [6.07, 6.45) is 0. The van der Waals surface area contributed by atoms with Gasteiger partial charge in [-0.25, -0.2) is 0 Å². The van der Waals surface area contributed by atoms with E-state index in [9.17, 15) is 9.59 Å². The summed E-state index contributed by atoms with van der Waals surface area (Å²) in [5, 5.41) is 4.00. The first kappa shape index (κ1) is 18.2. The molecule has 1 atom stereocenters. The van der Waals surface area contributed by atoms with E-state index in [1.54, 1.807) is 11.6 Å². The number of nitrogens with zero attached hydrogens (tertiary/aromatic N) is 2. The molecular formula is C19H27N3O2. The summed E-state index contributed by atoms with van der Waals surface area (Å²) in [7, 11) is 3.64. The molecule has 2 aromatic rings. The van der Waals surface area contributed by atoms with Gasteiger partial charge in [-0.3, -0.25) is 14.5 Å². The number of fused-ring (bicyclic) bond motifs is 1. The van der Waals surface area contributed by atoms with Crippen LogP contribution in [0.1, 0.15) is 33.3 Å². The number of rotatable bonds is 4. The number of hydrogen-bond acceptors (Lipinski definition) is 3. The quantitative estimate of drug-likeness (QED) is 0.936. The van der Waals surface area contributed by atoms with Crippen LogP contribution in [0.2, 0.25) is 0 Å². The molecule has 1 heterocycles. The number of carbonyl (C=O) groups excluding carboxylic acids is 1. The summed E-state index contributed by atoms with van der Waals surface area (Å²) in [5.41, 5.74) is 1.30. The Hall–Kier alpha value is -2.14. The maximum atomic E-state index is 12.6. The number of carbonyl (C=O) groups is 1. The Morgan fingerprint density at radius 3 is 2.54 bits per heavy atom. The highest BCUT2D eigenvalue weighted by Crippen LogP contribution is 2.14. The molecule has 1 aromatic carbocycles. The molecule has 130 valence electrons. The standard InChI is InChI=1S/C19H27N3O2/c1-13(17(23)20-19(2,3)4)21(5)12-15-11-14-9-7-8-10-16(14)22(6)18(15)24/h7-11,13H,12H2,1-6H3,(H,20,23). The van der Waals surface area contributed by atoms with Gasteiger partial charge in [0.2, 0.25) is 5.91 Å². The van der Waals surface area contributed by atoms with E-state index in [1.165, 1.54) is 0 Å². The predicted molar refractivity (Wildman–Crippen MR) is 98.0 cm³/mol. The number of hydrogen-bond donors (Lipinski definition) is 1. The van der Waals surface area contributed by atoms with Crippen molar-refractivity contribution in [2.45, 2.75) is 45.8 Å². The van der Waals surface area contributed by atoms with Crippen molar-refractivity contribution < 1.29 is 4.79 Å². The van der Waals surface area contributed by atoms with Gasteiger partial charge in [0.05, 0.1) is 11.6 Å². The van der Waals surface area contributed by atoms with Crippen LogP contribution in [0.5, 0.6) is 0 Å². The van der Waals surface area contributed by atoms with E-state index in [2.05, 4.69) is 5.32 Å². The second kappa shape index (κ2) is 6.77. The lowest BCUT2D eigenvalue weighted by Gasteiger charge is -2.28. The summed E-state index contributed by atoms with van der Waals surface area (Å²) in [6, 6.07) is 9.41. The molecule has 0 saturated heterocycles. The largest absolute Gasteiger partial charge is 0.350 e. The zero-order chi connectivity index (χ0) is 18.1. The molecule has 0 fully saturated rings. The molecular weight excluding hydrogens is 302 g/mol. The molecule has 0 aliphatic rings. The minimum absolute atomic E-state index is 0.0241. The number of aromatic nitrogens is 1. The van der Waals surface area contributed by atoms with Crippen molar-refractivity contribution in [1.82, 2.24) is 14.8 Å². The van der Waals surface area contributed by atoms with Gasteiger partial charge in [0.25, 0.3) is 5.56 Å². The molecule has 0 saturated carbocycles. The third-order valence-electron chi connectivity index (χ3n) is 4.17. The van der Waals surface area contributed by atoms with Gasteiger partial charge in [-0.1, -0.05) is 18.2 Å². The van der Waals surface area contributed by atoms with Crippen LogP contribution < -0.4 is 10.9 Å². The number of benzene rings is 1. The Bertz CT molecular complexity index is 802. The molecule has 2 rings (SSSR count). The Morgan fingerprint density at radius 2 is 1.92 bits per heavy atom. The third-order valence-corrected chi connectivity index (χ3v) is 4.17. The number of aryl methyl sites for hydroxylation is 1. The van der Waals surface area contributed by atoms with Gasteiger partial charge >= 0.3 is 0 Å². The average molecular weight is 329 g/mol. The molecule has 5 nitrogen and oxygen atoms in total. The normalized spacial score (nSPS) is 13.3. The highest BCUT2D eigenvalue weighted by molar-refractivity contribution is 5.82. The fraction of sp³-hybridized carbons (Fsp3) is 0.474. The smallest absolute Gasteiger partial charge is 0.255 e. The van der Waals surface area contributed by atoms with E-state index >= 15 is 0 Å². The van der Waals surface area contributed by atoms with Crippen molar-refractivity contribution in [2.24, 2.45) is 7.05 Å². The van der Waals surface area contributed by atoms with Crippen LogP contribution in [0.25, 0.3) is 10.9 Å². The van der Waals surface area contributed by atoms with Crippen molar-refractivity contribution in [3.05, 3.63) is 46.2 Å². The first-order valence-electron chi connectivity index (χ1n) is 8.20. The fourth-order valence-electron chi connectivity index (χ4n) is 2.68. The zero-order valence-corrected chi connectivity index (χ0v) is 15.4. The Balaban J connectivity index is 2.24. The van der Waals surface area contributed by atoms with Gasteiger partial charge in [0, 0.05) is 24.7 Å². The summed E-state index contributed by atoms with van der Waals surface area (Å²) >= 11 is 0. The number of likely N-dealkylation sites (N-methyl/N-ethyl adjacent to an activating group) is 1. The van der Waals surface area contributed by atoms with Gasteiger partial charge < -0.3 is 9.88 Å². The topological polar surface area (TPSA) is 54.3 Å². The van der Waals surface area contributed by atoms with E-state index in [4.69, 9.17) is 0 Å². The highest BCUT2D eigenvalue weighted by Gasteiger charge is 2.23.